The van der Waals surface area contributed by atoms with Crippen molar-refractivity contribution in [2.75, 3.05) is 49.2 Å². The van der Waals surface area contributed by atoms with Crippen molar-refractivity contribution in [3.63, 3.8) is 0 Å². The number of nitrogens with one attached hydrogen (secondary N) is 1. The number of carbonyl (C=O) groups is 1. The van der Waals surface area contributed by atoms with Crippen LogP contribution < -0.4 is 16.0 Å². The van der Waals surface area contributed by atoms with Crippen molar-refractivity contribution in [2.45, 2.75) is 6.92 Å². The van der Waals surface area contributed by atoms with E-state index in [1.807, 2.05) is 13.1 Å². The molecule has 4 rings (SSSR count). The Kier molecular flexibility index (Phi) is 6.34. The molecule has 1 aliphatic rings. The summed E-state index contributed by atoms with van der Waals surface area (Å²) in [7, 11) is 2.13. The Morgan fingerprint density at radius 3 is 2.52 bits per heavy atom. The molecule has 7 nitrogen and oxygen atoms in total. The topological polar surface area (TPSA) is 87.4 Å². The Hall–Kier alpha value is -2.39. The van der Waals surface area contributed by atoms with E-state index in [0.717, 1.165) is 48.8 Å². The van der Waals surface area contributed by atoms with Gasteiger partial charge in [-0.3, -0.25) is 4.79 Å². The Morgan fingerprint density at radius 2 is 1.87 bits per heavy atom. The van der Waals surface area contributed by atoms with E-state index in [9.17, 15) is 4.79 Å². The minimum atomic E-state index is -0.353. The normalized spacial score (nSPS) is 14.6. The van der Waals surface area contributed by atoms with Gasteiger partial charge in [0.1, 0.15) is 16.5 Å². The van der Waals surface area contributed by atoms with Crippen LogP contribution >= 0.6 is 34.5 Å². The summed E-state index contributed by atoms with van der Waals surface area (Å²) >= 11 is 13.5. The molecule has 0 spiro atoms. The van der Waals surface area contributed by atoms with Gasteiger partial charge in [-0.15, -0.1) is 0 Å². The molecule has 1 fully saturated rings. The average molecular weight is 477 g/mol. The van der Waals surface area contributed by atoms with Crippen molar-refractivity contribution in [3.05, 3.63) is 56.5 Å². The van der Waals surface area contributed by atoms with E-state index in [1.165, 1.54) is 0 Å². The molecule has 0 saturated carbocycles. The van der Waals surface area contributed by atoms with Gasteiger partial charge in [-0.1, -0.05) is 40.6 Å². The van der Waals surface area contributed by atoms with Crippen LogP contribution in [0, 0.1) is 6.92 Å². The molecule has 0 atom stereocenters. The summed E-state index contributed by atoms with van der Waals surface area (Å²) < 4.78 is 0. The molecule has 3 heterocycles. The standard InChI is InChI=1S/C21H22Cl2N6OS/c1-12-10-13(29-8-6-28(2)7-9-29)11-25-20(12)27-21-26-19(24)18(31-21)17(30)16-14(22)4-3-5-15(16)23/h3-5,10-11H,6-9,24H2,1-2H3,(H,25,26,27). The van der Waals surface area contributed by atoms with E-state index in [2.05, 4.69) is 38.2 Å². The largest absolute Gasteiger partial charge is 0.382 e. The lowest BCUT2D eigenvalue weighted by Crippen LogP contribution is -2.44. The first-order valence-corrected chi connectivity index (χ1v) is 11.3. The summed E-state index contributed by atoms with van der Waals surface area (Å²) in [6, 6.07) is 7.02. The molecule has 2 aromatic heterocycles. The number of halogens is 2. The molecule has 162 valence electrons. The predicted octanol–water partition coefficient (Wildman–Crippen LogP) is 4.46. The predicted molar refractivity (Wildman–Crippen MR) is 128 cm³/mol. The molecule has 31 heavy (non-hydrogen) atoms. The molecular weight excluding hydrogens is 455 g/mol. The summed E-state index contributed by atoms with van der Waals surface area (Å²) in [6.07, 6.45) is 1.85. The summed E-state index contributed by atoms with van der Waals surface area (Å²) in [4.78, 5) is 26.7. The van der Waals surface area contributed by atoms with Gasteiger partial charge in [-0.25, -0.2) is 9.97 Å². The number of ketones is 1. The number of hydrogen-bond acceptors (Lipinski definition) is 8. The van der Waals surface area contributed by atoms with Crippen LogP contribution in [0.5, 0.6) is 0 Å². The van der Waals surface area contributed by atoms with Gasteiger partial charge in [0.2, 0.25) is 5.78 Å². The van der Waals surface area contributed by atoms with Crippen molar-refractivity contribution >= 4 is 62.8 Å². The number of nitrogens with two attached hydrogens (primary N) is 1. The van der Waals surface area contributed by atoms with Crippen LogP contribution in [0.15, 0.2) is 30.5 Å². The summed E-state index contributed by atoms with van der Waals surface area (Å²) in [6.45, 7) is 6.00. The number of nitrogen functional groups attached to an aromatic ring is 1. The fourth-order valence-corrected chi connectivity index (χ4v) is 4.81. The highest BCUT2D eigenvalue weighted by atomic mass is 35.5. The number of anilines is 4. The lowest BCUT2D eigenvalue weighted by atomic mass is 10.1. The van der Waals surface area contributed by atoms with E-state index in [0.29, 0.717) is 10.9 Å². The quantitative estimate of drug-likeness (QED) is 0.525. The molecule has 3 N–H and O–H groups in total. The lowest BCUT2D eigenvalue weighted by Gasteiger charge is -2.34. The number of pyridine rings is 1. The van der Waals surface area contributed by atoms with Gasteiger partial charge in [-0.2, -0.15) is 0 Å². The van der Waals surface area contributed by atoms with Crippen LogP contribution in [0.1, 0.15) is 20.8 Å². The van der Waals surface area contributed by atoms with Crippen LogP contribution in [0.2, 0.25) is 10.0 Å². The number of likely N-dealkylation sites (N-methyl/N-ethyl adjacent to an activating group) is 1. The second-order valence-corrected chi connectivity index (χ2v) is 9.25. The third kappa shape index (κ3) is 4.62. The maximum absolute atomic E-state index is 13.0. The van der Waals surface area contributed by atoms with Crippen LogP contribution in [0.25, 0.3) is 0 Å². The van der Waals surface area contributed by atoms with Gasteiger partial charge in [-0.05, 0) is 37.7 Å². The maximum Gasteiger partial charge on any atom is 0.209 e. The molecular formula is C21H22Cl2N6OS. The van der Waals surface area contributed by atoms with Crippen molar-refractivity contribution in [2.24, 2.45) is 0 Å². The molecule has 1 aliphatic heterocycles. The van der Waals surface area contributed by atoms with Gasteiger partial charge in [0.25, 0.3) is 0 Å². The molecule has 0 unspecified atom stereocenters. The number of carbonyl (C=O) groups excluding carboxylic acids is 1. The molecule has 0 aliphatic carbocycles. The zero-order valence-electron chi connectivity index (χ0n) is 17.2. The van der Waals surface area contributed by atoms with Crippen molar-refractivity contribution < 1.29 is 4.79 Å². The first-order valence-electron chi connectivity index (χ1n) is 9.75. The van der Waals surface area contributed by atoms with E-state index in [-0.39, 0.29) is 32.1 Å². The molecule has 0 radical (unpaired) electrons. The fraction of sp³-hybridized carbons (Fsp3) is 0.286. The Morgan fingerprint density at radius 1 is 1.19 bits per heavy atom. The smallest absolute Gasteiger partial charge is 0.209 e. The molecule has 3 aromatic rings. The highest BCUT2D eigenvalue weighted by molar-refractivity contribution is 7.18. The summed E-state index contributed by atoms with van der Waals surface area (Å²) in [5.41, 5.74) is 8.32. The fourth-order valence-electron chi connectivity index (χ4n) is 3.41. The minimum absolute atomic E-state index is 0.125. The van der Waals surface area contributed by atoms with Gasteiger partial charge in [0, 0.05) is 26.2 Å². The zero-order chi connectivity index (χ0) is 22.1. The number of nitrogens with zero attached hydrogens (tertiary/aromatic N) is 4. The molecule has 0 bridgehead atoms. The van der Waals surface area contributed by atoms with E-state index >= 15 is 0 Å². The highest BCUT2D eigenvalue weighted by Gasteiger charge is 2.23. The average Bonchev–Trinajstić information content (AvgIpc) is 3.10. The van der Waals surface area contributed by atoms with E-state index in [4.69, 9.17) is 28.9 Å². The van der Waals surface area contributed by atoms with Crippen LogP contribution in [0.4, 0.5) is 22.5 Å². The minimum Gasteiger partial charge on any atom is -0.382 e. The number of aryl methyl sites for hydroxylation is 1. The van der Waals surface area contributed by atoms with Crippen molar-refractivity contribution in [3.8, 4) is 0 Å². The van der Waals surface area contributed by atoms with Crippen molar-refractivity contribution in [1.82, 2.24) is 14.9 Å². The number of piperazine rings is 1. The van der Waals surface area contributed by atoms with Gasteiger partial charge in [0.05, 0.1) is 27.5 Å². The number of rotatable bonds is 5. The molecule has 1 saturated heterocycles. The van der Waals surface area contributed by atoms with Crippen LogP contribution in [-0.2, 0) is 0 Å². The number of thiazole rings is 1. The number of hydrogen-bond donors (Lipinski definition) is 2. The van der Waals surface area contributed by atoms with E-state index < -0.39 is 0 Å². The van der Waals surface area contributed by atoms with Gasteiger partial charge < -0.3 is 20.9 Å². The first kappa shape index (κ1) is 21.8. The Balaban J connectivity index is 1.54. The monoisotopic (exact) mass is 476 g/mol. The van der Waals surface area contributed by atoms with Crippen LogP contribution in [0.3, 0.4) is 0 Å². The third-order valence-corrected chi connectivity index (χ3v) is 6.82. The number of aromatic nitrogens is 2. The van der Waals surface area contributed by atoms with Crippen molar-refractivity contribution in [1.29, 1.82) is 0 Å². The Labute approximate surface area is 194 Å². The zero-order valence-corrected chi connectivity index (χ0v) is 19.5. The Bertz CT molecular complexity index is 1110. The van der Waals surface area contributed by atoms with Crippen LogP contribution in [-0.4, -0.2) is 53.9 Å². The highest BCUT2D eigenvalue weighted by Crippen LogP contribution is 2.34. The van der Waals surface area contributed by atoms with Gasteiger partial charge >= 0.3 is 0 Å². The second kappa shape index (κ2) is 9.00. The SMILES string of the molecule is Cc1cc(N2CCN(C)CC2)cnc1Nc1nc(N)c(C(=O)c2c(Cl)cccc2Cl)s1. The molecule has 10 heteroatoms. The summed E-state index contributed by atoms with van der Waals surface area (Å²) in [5.74, 6) is 0.440. The summed E-state index contributed by atoms with van der Waals surface area (Å²) in [5, 5.41) is 4.21. The molecule has 1 aromatic carbocycles. The third-order valence-electron chi connectivity index (χ3n) is 5.21. The maximum atomic E-state index is 13.0. The lowest BCUT2D eigenvalue weighted by molar-refractivity contribution is 0.104. The van der Waals surface area contributed by atoms with E-state index in [1.54, 1.807) is 18.2 Å². The number of benzene rings is 1. The first-order chi connectivity index (χ1) is 14.8. The van der Waals surface area contributed by atoms with Gasteiger partial charge in [0.15, 0.2) is 5.13 Å². The molecule has 0 amide bonds. The second-order valence-electron chi connectivity index (χ2n) is 7.43.